The molecule has 1 aromatic rings. The molecule has 0 heterocycles. The first-order valence-electron chi connectivity index (χ1n) is 5.81. The molecule has 0 atom stereocenters. The quantitative estimate of drug-likeness (QED) is 0.787. The second kappa shape index (κ2) is 8.46. The molecule has 0 aromatic heterocycles. The van der Waals surface area contributed by atoms with Crippen LogP contribution in [0.4, 0.5) is 5.69 Å². The van der Waals surface area contributed by atoms with Crippen molar-refractivity contribution in [1.29, 1.82) is 5.26 Å². The first-order valence-corrected chi connectivity index (χ1v) is 7.34. The van der Waals surface area contributed by atoms with E-state index in [2.05, 4.69) is 10.6 Å². The Morgan fingerprint density at radius 3 is 2.85 bits per heavy atom. The van der Waals surface area contributed by atoms with Gasteiger partial charge in [-0.15, -0.1) is 11.8 Å². The molecule has 20 heavy (non-hydrogen) atoms. The molecule has 0 aliphatic carbocycles. The molecule has 0 unspecified atom stereocenters. The maximum atomic E-state index is 11.7. The highest BCUT2D eigenvalue weighted by Gasteiger charge is 2.08. The Morgan fingerprint density at radius 2 is 2.15 bits per heavy atom. The molecule has 7 heteroatoms. The number of hydrogen-bond donors (Lipinski definition) is 2. The van der Waals surface area contributed by atoms with Crippen LogP contribution in [0, 0.1) is 18.3 Å². The normalized spacial score (nSPS) is 9.65. The van der Waals surface area contributed by atoms with E-state index in [1.807, 2.05) is 6.07 Å². The van der Waals surface area contributed by atoms with E-state index < -0.39 is 0 Å². The van der Waals surface area contributed by atoms with Crippen LogP contribution in [0.3, 0.4) is 0 Å². The molecule has 5 nitrogen and oxygen atoms in total. The highest BCUT2D eigenvalue weighted by Crippen LogP contribution is 2.22. The van der Waals surface area contributed by atoms with Gasteiger partial charge >= 0.3 is 0 Å². The Morgan fingerprint density at radius 1 is 1.40 bits per heavy atom. The fourth-order valence-electron chi connectivity index (χ4n) is 1.36. The van der Waals surface area contributed by atoms with Gasteiger partial charge in [0.25, 0.3) is 0 Å². The number of nitrogens with one attached hydrogen (secondary N) is 2. The van der Waals surface area contributed by atoms with Crippen LogP contribution in [-0.4, -0.2) is 29.9 Å². The Labute approximate surface area is 126 Å². The SMILES string of the molecule is Cc1c(Cl)cccc1NC(=O)CNC(=O)CSCC#N. The molecular formula is C13H14ClN3O2S. The van der Waals surface area contributed by atoms with E-state index in [1.165, 1.54) is 11.8 Å². The second-order valence-electron chi connectivity index (χ2n) is 3.89. The summed E-state index contributed by atoms with van der Waals surface area (Å²) in [5, 5.41) is 14.1. The Bertz CT molecular complexity index is 543. The Balaban J connectivity index is 2.39. The lowest BCUT2D eigenvalue weighted by Gasteiger charge is -2.10. The van der Waals surface area contributed by atoms with Crippen LogP contribution in [-0.2, 0) is 9.59 Å². The van der Waals surface area contributed by atoms with E-state index in [9.17, 15) is 9.59 Å². The van der Waals surface area contributed by atoms with Gasteiger partial charge in [-0.1, -0.05) is 17.7 Å². The van der Waals surface area contributed by atoms with Gasteiger partial charge in [0.05, 0.1) is 24.1 Å². The molecule has 106 valence electrons. The van der Waals surface area contributed by atoms with Crippen LogP contribution >= 0.6 is 23.4 Å². The van der Waals surface area contributed by atoms with Crippen LogP contribution in [0.15, 0.2) is 18.2 Å². The molecule has 0 aliphatic rings. The number of thioether (sulfide) groups is 1. The number of halogens is 1. The van der Waals surface area contributed by atoms with E-state index in [0.717, 1.165) is 5.56 Å². The molecule has 2 amide bonds. The van der Waals surface area contributed by atoms with Crippen molar-refractivity contribution in [1.82, 2.24) is 5.32 Å². The minimum atomic E-state index is -0.325. The summed E-state index contributed by atoms with van der Waals surface area (Å²) in [5.41, 5.74) is 1.40. The third-order valence-corrected chi connectivity index (χ3v) is 3.60. The lowest BCUT2D eigenvalue weighted by Crippen LogP contribution is -2.34. The zero-order valence-electron chi connectivity index (χ0n) is 10.9. The summed E-state index contributed by atoms with van der Waals surface area (Å²) in [6.07, 6.45) is 0. The molecule has 0 saturated carbocycles. The fraction of sp³-hybridized carbons (Fsp3) is 0.308. The van der Waals surface area contributed by atoms with Crippen molar-refractivity contribution in [2.45, 2.75) is 6.92 Å². The predicted octanol–water partition coefficient (Wildman–Crippen LogP) is 1.96. The van der Waals surface area contributed by atoms with Crippen LogP contribution in [0.5, 0.6) is 0 Å². The van der Waals surface area contributed by atoms with Gasteiger partial charge in [0, 0.05) is 10.7 Å². The van der Waals surface area contributed by atoms with E-state index in [0.29, 0.717) is 10.7 Å². The molecule has 0 fully saturated rings. The average molecular weight is 312 g/mol. The van der Waals surface area contributed by atoms with E-state index in [4.69, 9.17) is 16.9 Å². The molecule has 0 radical (unpaired) electrons. The zero-order valence-corrected chi connectivity index (χ0v) is 12.5. The number of amides is 2. The molecule has 1 rings (SSSR count). The predicted molar refractivity (Wildman–Crippen MR) is 80.8 cm³/mol. The number of nitrogens with zero attached hydrogens (tertiary/aromatic N) is 1. The summed E-state index contributed by atoms with van der Waals surface area (Å²) >= 11 is 7.14. The lowest BCUT2D eigenvalue weighted by molar-refractivity contribution is -0.122. The Kier molecular flexibility index (Phi) is 6.91. The summed E-state index contributed by atoms with van der Waals surface area (Å²) in [6, 6.07) is 7.14. The minimum absolute atomic E-state index is 0.113. The van der Waals surface area contributed by atoms with Gasteiger partial charge in [-0.2, -0.15) is 5.26 Å². The zero-order chi connectivity index (χ0) is 15.0. The number of carbonyl (C=O) groups excluding carboxylic acids is 2. The van der Waals surface area contributed by atoms with Crippen LogP contribution in [0.2, 0.25) is 5.02 Å². The molecule has 0 spiro atoms. The van der Waals surface area contributed by atoms with Crippen LogP contribution in [0.1, 0.15) is 5.56 Å². The molecule has 0 saturated heterocycles. The first-order chi connectivity index (χ1) is 9.54. The number of benzene rings is 1. The summed E-state index contributed by atoms with van der Waals surface area (Å²) in [4.78, 5) is 23.0. The van der Waals surface area contributed by atoms with Crippen molar-refractivity contribution in [2.75, 3.05) is 23.4 Å². The van der Waals surface area contributed by atoms with Gasteiger partial charge in [-0.3, -0.25) is 9.59 Å². The first kappa shape index (κ1) is 16.3. The largest absolute Gasteiger partial charge is 0.346 e. The van der Waals surface area contributed by atoms with Gasteiger partial charge in [-0.05, 0) is 24.6 Å². The topological polar surface area (TPSA) is 82.0 Å². The third-order valence-electron chi connectivity index (χ3n) is 2.39. The summed E-state index contributed by atoms with van der Waals surface area (Å²) in [5.74, 6) is -0.185. The number of carbonyl (C=O) groups is 2. The smallest absolute Gasteiger partial charge is 0.243 e. The second-order valence-corrected chi connectivity index (χ2v) is 5.28. The van der Waals surface area contributed by atoms with Crippen molar-refractivity contribution in [2.24, 2.45) is 0 Å². The van der Waals surface area contributed by atoms with E-state index in [1.54, 1.807) is 25.1 Å². The van der Waals surface area contributed by atoms with Crippen molar-refractivity contribution in [3.05, 3.63) is 28.8 Å². The average Bonchev–Trinajstić information content (AvgIpc) is 2.42. The van der Waals surface area contributed by atoms with Gasteiger partial charge in [-0.25, -0.2) is 0 Å². The maximum absolute atomic E-state index is 11.7. The van der Waals surface area contributed by atoms with Crippen molar-refractivity contribution < 1.29 is 9.59 Å². The minimum Gasteiger partial charge on any atom is -0.346 e. The maximum Gasteiger partial charge on any atom is 0.243 e. The lowest BCUT2D eigenvalue weighted by atomic mass is 10.2. The van der Waals surface area contributed by atoms with E-state index >= 15 is 0 Å². The van der Waals surface area contributed by atoms with Crippen LogP contribution < -0.4 is 10.6 Å². The summed E-state index contributed by atoms with van der Waals surface area (Å²) < 4.78 is 0. The highest BCUT2D eigenvalue weighted by atomic mass is 35.5. The van der Waals surface area contributed by atoms with Gasteiger partial charge in [0.1, 0.15) is 0 Å². The van der Waals surface area contributed by atoms with Gasteiger partial charge in [0.15, 0.2) is 0 Å². The molecule has 0 bridgehead atoms. The molecule has 1 aromatic carbocycles. The third kappa shape index (κ3) is 5.51. The molecule has 0 aliphatic heterocycles. The van der Waals surface area contributed by atoms with Gasteiger partial charge < -0.3 is 10.6 Å². The number of hydrogen-bond acceptors (Lipinski definition) is 4. The molecule has 2 N–H and O–H groups in total. The van der Waals surface area contributed by atoms with Crippen molar-refractivity contribution in [3.8, 4) is 6.07 Å². The molecular weight excluding hydrogens is 298 g/mol. The fourth-order valence-corrected chi connectivity index (χ4v) is 2.01. The summed E-state index contributed by atoms with van der Waals surface area (Å²) in [6.45, 7) is 1.69. The standard InChI is InChI=1S/C13H14ClN3O2S/c1-9-10(14)3-2-4-11(9)17-12(18)7-16-13(19)8-20-6-5-15/h2-4H,6-8H2,1H3,(H,16,19)(H,17,18). The Hall–Kier alpha value is -1.71. The number of anilines is 1. The van der Waals surface area contributed by atoms with Gasteiger partial charge in [0.2, 0.25) is 11.8 Å². The van der Waals surface area contributed by atoms with Crippen molar-refractivity contribution >= 4 is 40.9 Å². The monoisotopic (exact) mass is 311 g/mol. The highest BCUT2D eigenvalue weighted by molar-refractivity contribution is 8.00. The number of nitriles is 1. The summed E-state index contributed by atoms with van der Waals surface area (Å²) in [7, 11) is 0. The van der Waals surface area contributed by atoms with Crippen LogP contribution in [0.25, 0.3) is 0 Å². The van der Waals surface area contributed by atoms with E-state index in [-0.39, 0.29) is 29.9 Å². The number of rotatable bonds is 6. The van der Waals surface area contributed by atoms with Crippen molar-refractivity contribution in [3.63, 3.8) is 0 Å².